The van der Waals surface area contributed by atoms with Gasteiger partial charge in [-0.15, -0.1) is 0 Å². The molecule has 18 nitrogen and oxygen atoms in total. The molecule has 320 valence electrons. The predicted octanol–water partition coefficient (Wildman–Crippen LogP) is 0.496. The number of nitrogens with one attached hydrogen (secondary N) is 6. The Kier molecular flexibility index (Phi) is 17.7. The van der Waals surface area contributed by atoms with Gasteiger partial charge in [0.15, 0.2) is 0 Å². The maximum atomic E-state index is 14.3. The second-order valence-electron chi connectivity index (χ2n) is 15.9. The highest BCUT2D eigenvalue weighted by atomic mass is 16.4. The summed E-state index contributed by atoms with van der Waals surface area (Å²) in [7, 11) is 0. The molecule has 18 heteroatoms. The zero-order valence-corrected chi connectivity index (χ0v) is 34.4. The number of amides is 6. The molecule has 1 fully saturated rings. The van der Waals surface area contributed by atoms with E-state index in [9.17, 15) is 43.8 Å². The van der Waals surface area contributed by atoms with Crippen LogP contribution in [0.2, 0.25) is 0 Å². The molecule has 1 aliphatic heterocycles. The molecule has 2 heterocycles. The van der Waals surface area contributed by atoms with Crippen molar-refractivity contribution in [1.82, 2.24) is 41.5 Å². The van der Waals surface area contributed by atoms with Crippen molar-refractivity contribution in [3.8, 4) is 5.75 Å². The first-order chi connectivity index (χ1) is 27.3. The van der Waals surface area contributed by atoms with Gasteiger partial charge in [-0.1, -0.05) is 60.1 Å². The summed E-state index contributed by atoms with van der Waals surface area (Å²) in [4.78, 5) is 102. The molecule has 0 bridgehead atoms. The van der Waals surface area contributed by atoms with Crippen LogP contribution in [0.15, 0.2) is 36.8 Å². The van der Waals surface area contributed by atoms with Crippen molar-refractivity contribution in [2.24, 2.45) is 23.5 Å². The highest BCUT2D eigenvalue weighted by Crippen LogP contribution is 2.21. The molecule has 3 rings (SSSR count). The van der Waals surface area contributed by atoms with E-state index in [1.807, 2.05) is 20.8 Å². The van der Waals surface area contributed by atoms with Crippen LogP contribution >= 0.6 is 0 Å². The van der Waals surface area contributed by atoms with Crippen molar-refractivity contribution in [2.75, 3.05) is 6.54 Å². The van der Waals surface area contributed by atoms with Gasteiger partial charge in [-0.05, 0) is 61.6 Å². The number of carbonyl (C=O) groups is 7. The van der Waals surface area contributed by atoms with Gasteiger partial charge in [-0.25, -0.2) is 9.78 Å². The lowest BCUT2D eigenvalue weighted by Crippen LogP contribution is -2.61. The number of imidazole rings is 1. The molecule has 1 aliphatic rings. The van der Waals surface area contributed by atoms with Crippen LogP contribution in [0, 0.1) is 17.8 Å². The lowest BCUT2D eigenvalue weighted by Gasteiger charge is -2.32. The number of likely N-dealkylation sites (tertiary alicyclic amines) is 1. The number of nitrogens with two attached hydrogens (primary N) is 1. The number of hydrogen-bond acceptors (Lipinski definition) is 10. The van der Waals surface area contributed by atoms with E-state index >= 15 is 0 Å². The Bertz CT molecular complexity index is 1720. The predicted molar refractivity (Wildman–Crippen MR) is 214 cm³/mol. The molecule has 1 aromatic carbocycles. The van der Waals surface area contributed by atoms with Crippen molar-refractivity contribution >= 4 is 41.4 Å². The number of nitrogens with zero attached hydrogens (tertiary/aromatic N) is 2. The van der Waals surface area contributed by atoms with E-state index in [1.54, 1.807) is 32.9 Å². The zero-order chi connectivity index (χ0) is 43.3. The van der Waals surface area contributed by atoms with Gasteiger partial charge in [0.05, 0.1) is 12.4 Å². The Labute approximate surface area is 339 Å². The summed E-state index contributed by atoms with van der Waals surface area (Å²) in [5.41, 5.74) is 6.82. The van der Waals surface area contributed by atoms with Crippen LogP contribution < -0.4 is 32.3 Å². The fraction of sp³-hybridized carbons (Fsp3) is 0.600. The Morgan fingerprint density at radius 2 is 1.45 bits per heavy atom. The van der Waals surface area contributed by atoms with E-state index in [-0.39, 0.29) is 43.4 Å². The Morgan fingerprint density at radius 3 is 2.00 bits per heavy atom. The number of carbonyl (C=O) groups excluding carboxylic acids is 6. The monoisotopic (exact) mass is 811 g/mol. The number of carboxylic acids is 1. The number of aliphatic carboxylic acids is 1. The van der Waals surface area contributed by atoms with Crippen molar-refractivity contribution in [3.05, 3.63) is 48.0 Å². The SMILES string of the molecule is CC[C@H](C)[C@H](NC(=O)[C@H](Cc1ccc(O)cc1)NC(=O)[C@@H](NC(=O)[C@@H](C)N)C(C)C)C(=O)N[C@@H](Cc1cnc[nH]1)C(=O)N1CCC[C@H]1C(=O)N[C@@H](CC(C)C)C(=O)O. The maximum absolute atomic E-state index is 14.3. The fourth-order valence-corrected chi connectivity index (χ4v) is 6.66. The number of phenolic OH excluding ortho intramolecular Hbond substituents is 1. The molecule has 58 heavy (non-hydrogen) atoms. The molecule has 0 spiro atoms. The summed E-state index contributed by atoms with van der Waals surface area (Å²) in [6.07, 6.45) is 4.23. The van der Waals surface area contributed by atoms with E-state index in [2.05, 4.69) is 36.6 Å². The van der Waals surface area contributed by atoms with E-state index in [4.69, 9.17) is 5.73 Å². The summed E-state index contributed by atoms with van der Waals surface area (Å²) in [6, 6.07) is -1.67. The number of carboxylic acid groups (broad SMARTS) is 1. The highest BCUT2D eigenvalue weighted by molar-refractivity contribution is 5.97. The number of H-pyrrole nitrogens is 1. The van der Waals surface area contributed by atoms with Crippen molar-refractivity contribution < 1.29 is 43.8 Å². The van der Waals surface area contributed by atoms with E-state index < -0.39 is 89.6 Å². The van der Waals surface area contributed by atoms with Crippen molar-refractivity contribution in [3.63, 3.8) is 0 Å². The number of benzene rings is 1. The minimum absolute atomic E-state index is 0.00326. The summed E-state index contributed by atoms with van der Waals surface area (Å²) >= 11 is 0. The van der Waals surface area contributed by atoms with Crippen LogP contribution in [0.25, 0.3) is 0 Å². The van der Waals surface area contributed by atoms with Gasteiger partial charge < -0.3 is 52.4 Å². The van der Waals surface area contributed by atoms with E-state index in [0.29, 0.717) is 30.5 Å². The summed E-state index contributed by atoms with van der Waals surface area (Å²) in [5.74, 6) is -5.85. The van der Waals surface area contributed by atoms with Crippen molar-refractivity contribution in [2.45, 2.75) is 129 Å². The summed E-state index contributed by atoms with van der Waals surface area (Å²) in [6.45, 7) is 12.4. The topological polar surface area (TPSA) is 278 Å². The minimum Gasteiger partial charge on any atom is -0.508 e. The standard InChI is InChI=1S/C40H61N9O9/c1-8-23(6)33(48-35(52)28(17-25-11-13-27(50)14-12-25)44-37(54)32(22(4)5)47-34(51)24(7)41)38(55)45-29(18-26-19-42-20-43-26)39(56)49-15-9-10-31(49)36(53)46-30(40(57)58)16-21(2)3/h11-14,19-24,28-33,50H,8-10,15-18,41H2,1-7H3,(H,42,43)(H,44,54)(H,45,55)(H,46,53)(H,47,51)(H,48,52)(H,57,58)/t23-,24+,28-,29-,30-,31-,32-,33-/m0/s1. The molecule has 8 atom stereocenters. The van der Waals surface area contributed by atoms with Gasteiger partial charge in [0.25, 0.3) is 0 Å². The van der Waals surface area contributed by atoms with Gasteiger partial charge in [0, 0.05) is 31.3 Å². The highest BCUT2D eigenvalue weighted by Gasteiger charge is 2.41. The van der Waals surface area contributed by atoms with Crippen LogP contribution in [-0.2, 0) is 46.4 Å². The molecule has 0 unspecified atom stereocenters. The molecule has 2 aromatic rings. The maximum Gasteiger partial charge on any atom is 0.326 e. The average molecular weight is 812 g/mol. The second kappa shape index (κ2) is 21.9. The molecule has 0 aliphatic carbocycles. The smallest absolute Gasteiger partial charge is 0.326 e. The largest absolute Gasteiger partial charge is 0.508 e. The molecular weight excluding hydrogens is 750 g/mol. The van der Waals surface area contributed by atoms with E-state index in [1.165, 1.54) is 36.5 Å². The fourth-order valence-electron chi connectivity index (χ4n) is 6.66. The molecule has 0 saturated carbocycles. The third kappa shape index (κ3) is 13.6. The second-order valence-corrected chi connectivity index (χ2v) is 15.9. The lowest BCUT2D eigenvalue weighted by molar-refractivity contribution is -0.145. The molecule has 1 saturated heterocycles. The van der Waals surface area contributed by atoms with Crippen LogP contribution in [0.3, 0.4) is 0 Å². The number of hydrogen-bond donors (Lipinski definition) is 9. The molecule has 6 amide bonds. The van der Waals surface area contributed by atoms with E-state index in [0.717, 1.165) is 0 Å². The number of aromatic nitrogens is 2. The Hall–Kier alpha value is -5.52. The van der Waals surface area contributed by atoms with Crippen LogP contribution in [0.5, 0.6) is 5.75 Å². The third-order valence-corrected chi connectivity index (χ3v) is 10.2. The summed E-state index contributed by atoms with van der Waals surface area (Å²) in [5, 5.41) is 33.1. The van der Waals surface area contributed by atoms with Gasteiger partial charge in [-0.3, -0.25) is 28.8 Å². The Morgan fingerprint density at radius 1 is 0.828 bits per heavy atom. The first-order valence-electron chi connectivity index (χ1n) is 19.9. The molecule has 1 aromatic heterocycles. The average Bonchev–Trinajstić information content (AvgIpc) is 3.88. The molecule has 10 N–H and O–H groups in total. The van der Waals surface area contributed by atoms with Gasteiger partial charge in [0.2, 0.25) is 35.4 Å². The molecular formula is C40H61N9O9. The normalized spacial score (nSPS) is 17.6. The Balaban J connectivity index is 1.90. The first-order valence-corrected chi connectivity index (χ1v) is 19.9. The minimum atomic E-state index is -1.25. The van der Waals surface area contributed by atoms with Crippen molar-refractivity contribution in [1.29, 1.82) is 0 Å². The summed E-state index contributed by atoms with van der Waals surface area (Å²) < 4.78 is 0. The quantitative estimate of drug-likeness (QED) is 0.0837. The molecule has 0 radical (unpaired) electrons. The van der Waals surface area contributed by atoms with Crippen LogP contribution in [-0.4, -0.2) is 115 Å². The number of aromatic amines is 1. The van der Waals surface area contributed by atoms with Crippen LogP contribution in [0.4, 0.5) is 0 Å². The van der Waals surface area contributed by atoms with Crippen LogP contribution in [0.1, 0.15) is 85.4 Å². The number of phenols is 1. The first kappa shape index (κ1) is 46.9. The van der Waals surface area contributed by atoms with Gasteiger partial charge in [-0.2, -0.15) is 0 Å². The lowest BCUT2D eigenvalue weighted by atomic mass is 9.96. The number of aromatic hydroxyl groups is 1. The zero-order valence-electron chi connectivity index (χ0n) is 34.4. The van der Waals surface area contributed by atoms with Gasteiger partial charge >= 0.3 is 5.97 Å². The third-order valence-electron chi connectivity index (χ3n) is 10.2. The van der Waals surface area contributed by atoms with Gasteiger partial charge in [0.1, 0.15) is 42.0 Å². The number of rotatable bonds is 21.